The van der Waals surface area contributed by atoms with Crippen molar-refractivity contribution in [3.63, 3.8) is 0 Å². The summed E-state index contributed by atoms with van der Waals surface area (Å²) in [5.41, 5.74) is 5.91. The van der Waals surface area contributed by atoms with E-state index in [4.69, 9.17) is 10.3 Å². The van der Waals surface area contributed by atoms with Gasteiger partial charge in [0.15, 0.2) is 0 Å². The van der Waals surface area contributed by atoms with Crippen molar-refractivity contribution >= 4 is 17.3 Å². The first-order valence-corrected chi connectivity index (χ1v) is 8.75. The van der Waals surface area contributed by atoms with Gasteiger partial charge in [-0.25, -0.2) is 4.79 Å². The van der Waals surface area contributed by atoms with Crippen LogP contribution in [0.2, 0.25) is 0 Å². The number of pyridine rings is 1. The summed E-state index contributed by atoms with van der Waals surface area (Å²) in [7, 11) is 1.12. The van der Waals surface area contributed by atoms with Gasteiger partial charge in [-0.15, -0.1) is 0 Å². The number of esters is 1. The summed E-state index contributed by atoms with van der Waals surface area (Å²) < 4.78 is 47.2. The van der Waals surface area contributed by atoms with Crippen LogP contribution in [0.15, 0.2) is 60.0 Å². The van der Waals surface area contributed by atoms with E-state index in [0.29, 0.717) is 0 Å². The first-order chi connectivity index (χ1) is 15.2. The number of nitro groups is 1. The van der Waals surface area contributed by atoms with E-state index in [9.17, 15) is 28.1 Å². The lowest BCUT2D eigenvalue weighted by Gasteiger charge is -2.20. The average Bonchev–Trinajstić information content (AvgIpc) is 2.77. The second-order valence-electron chi connectivity index (χ2n) is 6.29. The molecule has 0 unspecified atom stereocenters. The Bertz CT molecular complexity index is 1250. The summed E-state index contributed by atoms with van der Waals surface area (Å²) in [6, 6.07) is 7.88. The fourth-order valence-corrected chi connectivity index (χ4v) is 3.18. The van der Waals surface area contributed by atoms with Gasteiger partial charge in [0.25, 0.3) is 5.69 Å². The number of non-ortho nitro benzene ring substituents is 1. The molecule has 0 N–H and O–H groups in total. The number of benzene rings is 2. The van der Waals surface area contributed by atoms with Crippen LogP contribution in [0.4, 0.5) is 24.5 Å². The highest BCUT2D eigenvalue weighted by atomic mass is 19.4. The summed E-state index contributed by atoms with van der Waals surface area (Å²) in [5.74, 6) is -0.801. The van der Waals surface area contributed by atoms with Crippen LogP contribution in [0.5, 0.6) is 0 Å². The maximum absolute atomic E-state index is 14.1. The SMILES string of the molecule is COC(=O)c1ccncc1-c1ccc(N=[N+]=[N-])c(C(F)(F)F)c1-c1ccc([N+](=O)[O-])cc1. The summed E-state index contributed by atoms with van der Waals surface area (Å²) >= 11 is 0. The number of carbonyl (C=O) groups excluding carboxylic acids is 1. The number of carbonyl (C=O) groups is 1. The van der Waals surface area contributed by atoms with Crippen LogP contribution >= 0.6 is 0 Å². The monoisotopic (exact) mass is 443 g/mol. The number of nitro benzene ring substituents is 1. The average molecular weight is 443 g/mol. The highest BCUT2D eigenvalue weighted by Gasteiger charge is 2.38. The van der Waals surface area contributed by atoms with Crippen LogP contribution in [0.25, 0.3) is 32.7 Å². The molecule has 0 atom stereocenters. The molecule has 0 spiro atoms. The summed E-state index contributed by atoms with van der Waals surface area (Å²) in [5, 5.41) is 14.1. The third-order valence-corrected chi connectivity index (χ3v) is 4.50. The van der Waals surface area contributed by atoms with Crippen molar-refractivity contribution in [1.82, 2.24) is 4.98 Å². The van der Waals surface area contributed by atoms with Crippen LogP contribution in [-0.2, 0) is 10.9 Å². The molecule has 0 amide bonds. The standard InChI is InChI=1S/C20H12F3N5O4/c1-32-19(29)14-8-9-25-10-15(14)13-6-7-16(26-27-24)18(20(21,22)23)17(13)11-2-4-12(5-3-11)28(30)31/h2-10H,1H3. The maximum atomic E-state index is 14.1. The van der Waals surface area contributed by atoms with E-state index in [1.165, 1.54) is 24.5 Å². The van der Waals surface area contributed by atoms with Gasteiger partial charge >= 0.3 is 12.1 Å². The van der Waals surface area contributed by atoms with Crippen molar-refractivity contribution in [2.24, 2.45) is 5.11 Å². The van der Waals surface area contributed by atoms with Gasteiger partial charge in [-0.05, 0) is 34.9 Å². The Balaban J connectivity index is 2.46. The number of rotatable bonds is 5. The van der Waals surface area contributed by atoms with Gasteiger partial charge in [-0.3, -0.25) is 15.1 Å². The van der Waals surface area contributed by atoms with Crippen molar-refractivity contribution < 1.29 is 27.6 Å². The highest BCUT2D eigenvalue weighted by molar-refractivity contribution is 6.00. The molecule has 1 heterocycles. The topological polar surface area (TPSA) is 131 Å². The minimum atomic E-state index is -4.97. The molecule has 0 saturated carbocycles. The number of alkyl halides is 3. The first-order valence-electron chi connectivity index (χ1n) is 8.75. The van der Waals surface area contributed by atoms with Crippen LogP contribution in [-0.4, -0.2) is 23.0 Å². The molecular formula is C20H12F3N5O4. The number of ether oxygens (including phenoxy) is 1. The number of hydrogen-bond donors (Lipinski definition) is 0. The molecular weight excluding hydrogens is 431 g/mol. The Labute approximate surface area is 177 Å². The predicted octanol–water partition coefficient (Wildman–Crippen LogP) is 6.07. The molecule has 9 nitrogen and oxygen atoms in total. The van der Waals surface area contributed by atoms with E-state index in [0.717, 1.165) is 37.4 Å². The van der Waals surface area contributed by atoms with Crippen molar-refractivity contribution in [3.8, 4) is 22.3 Å². The second-order valence-corrected chi connectivity index (χ2v) is 6.29. The molecule has 0 aliphatic carbocycles. The molecule has 2 aromatic carbocycles. The van der Waals surface area contributed by atoms with Crippen LogP contribution < -0.4 is 0 Å². The summed E-state index contributed by atoms with van der Waals surface area (Å²) in [6.45, 7) is 0. The molecule has 0 aliphatic heterocycles. The highest BCUT2D eigenvalue weighted by Crippen LogP contribution is 2.48. The minimum absolute atomic E-state index is 0.0330. The summed E-state index contributed by atoms with van der Waals surface area (Å²) in [6.07, 6.45) is -2.49. The van der Waals surface area contributed by atoms with Gasteiger partial charge in [0.05, 0.1) is 28.8 Å². The Morgan fingerprint density at radius 2 is 1.84 bits per heavy atom. The third-order valence-electron chi connectivity index (χ3n) is 4.50. The van der Waals surface area contributed by atoms with E-state index in [1.54, 1.807) is 0 Å². The molecule has 3 aromatic rings. The molecule has 162 valence electrons. The van der Waals surface area contributed by atoms with Gasteiger partial charge in [-0.2, -0.15) is 13.2 Å². The van der Waals surface area contributed by atoms with Gasteiger partial charge in [0.1, 0.15) is 0 Å². The molecule has 12 heteroatoms. The van der Waals surface area contributed by atoms with E-state index in [2.05, 4.69) is 15.0 Å². The molecule has 0 saturated heterocycles. The van der Waals surface area contributed by atoms with Gasteiger partial charge in [0.2, 0.25) is 0 Å². The number of halogens is 3. The molecule has 1 aromatic heterocycles. The largest absolute Gasteiger partial charge is 0.465 e. The zero-order valence-electron chi connectivity index (χ0n) is 16.2. The predicted molar refractivity (Wildman–Crippen MR) is 107 cm³/mol. The Morgan fingerprint density at radius 1 is 1.16 bits per heavy atom. The minimum Gasteiger partial charge on any atom is -0.465 e. The molecule has 0 fully saturated rings. The Kier molecular flexibility index (Phi) is 6.08. The maximum Gasteiger partial charge on any atom is 0.417 e. The van der Waals surface area contributed by atoms with Crippen molar-refractivity contribution in [1.29, 1.82) is 0 Å². The lowest BCUT2D eigenvalue weighted by atomic mass is 9.88. The normalized spacial score (nSPS) is 10.9. The van der Waals surface area contributed by atoms with Gasteiger partial charge in [-0.1, -0.05) is 17.2 Å². The van der Waals surface area contributed by atoms with E-state index in [1.807, 2.05) is 0 Å². The van der Waals surface area contributed by atoms with E-state index >= 15 is 0 Å². The van der Waals surface area contributed by atoms with Crippen molar-refractivity contribution in [2.75, 3.05) is 7.11 Å². The molecule has 32 heavy (non-hydrogen) atoms. The van der Waals surface area contributed by atoms with Crippen LogP contribution in [0.1, 0.15) is 15.9 Å². The van der Waals surface area contributed by atoms with E-state index < -0.39 is 33.9 Å². The van der Waals surface area contributed by atoms with E-state index in [-0.39, 0.29) is 27.9 Å². The third kappa shape index (κ3) is 4.20. The Morgan fingerprint density at radius 3 is 2.41 bits per heavy atom. The molecule has 3 rings (SSSR count). The molecule has 0 aliphatic rings. The van der Waals surface area contributed by atoms with Gasteiger partial charge in [0, 0.05) is 40.6 Å². The summed E-state index contributed by atoms with van der Waals surface area (Å²) in [4.78, 5) is 28.9. The second kappa shape index (κ2) is 8.74. The number of hydrogen-bond acceptors (Lipinski definition) is 6. The van der Waals surface area contributed by atoms with Crippen molar-refractivity contribution in [3.05, 3.63) is 86.5 Å². The van der Waals surface area contributed by atoms with Gasteiger partial charge < -0.3 is 4.74 Å². The first kappa shape index (κ1) is 22.2. The number of methoxy groups -OCH3 is 1. The van der Waals surface area contributed by atoms with Crippen LogP contribution in [0, 0.1) is 10.1 Å². The number of nitrogens with zero attached hydrogens (tertiary/aromatic N) is 5. The smallest absolute Gasteiger partial charge is 0.417 e. The molecule has 0 radical (unpaired) electrons. The Hall–Kier alpha value is -4.44. The quantitative estimate of drug-likeness (QED) is 0.118. The fraction of sp³-hybridized carbons (Fsp3) is 0.100. The number of aromatic nitrogens is 1. The number of azide groups is 1. The zero-order chi connectivity index (χ0) is 23.5. The lowest BCUT2D eigenvalue weighted by molar-refractivity contribution is -0.384. The van der Waals surface area contributed by atoms with Crippen molar-refractivity contribution in [2.45, 2.75) is 6.18 Å². The lowest BCUT2D eigenvalue weighted by Crippen LogP contribution is -2.10. The fourth-order valence-electron chi connectivity index (χ4n) is 3.18. The molecule has 0 bridgehead atoms. The van der Waals surface area contributed by atoms with Crippen LogP contribution in [0.3, 0.4) is 0 Å². The zero-order valence-corrected chi connectivity index (χ0v) is 16.2.